The van der Waals surface area contributed by atoms with E-state index in [2.05, 4.69) is 0 Å². The second-order valence-corrected chi connectivity index (χ2v) is 2.60. The van der Waals surface area contributed by atoms with Crippen LogP contribution >= 0.6 is 0 Å². The van der Waals surface area contributed by atoms with Crippen molar-refractivity contribution in [1.29, 1.82) is 0 Å². The summed E-state index contributed by atoms with van der Waals surface area (Å²) in [5, 5.41) is 9.05. The Labute approximate surface area is 65.5 Å². The first-order chi connectivity index (χ1) is 5.15. The fraction of sp³-hybridized carbons (Fsp3) is 0.333. The topological polar surface area (TPSA) is 20.2 Å². The lowest BCUT2D eigenvalue weighted by atomic mass is 10.1. The van der Waals surface area contributed by atoms with E-state index in [-0.39, 0.29) is 5.75 Å². The Morgan fingerprint density at radius 3 is 2.55 bits per heavy atom. The molecule has 0 amide bonds. The summed E-state index contributed by atoms with van der Waals surface area (Å²) in [5.74, 6) is -0.760. The van der Waals surface area contributed by atoms with Crippen molar-refractivity contribution in [3.8, 4) is 5.75 Å². The Balaban J connectivity index is 3.21. The highest BCUT2D eigenvalue weighted by molar-refractivity contribution is 5.36. The number of hydrogen-bond donors (Lipinski definition) is 1. The lowest BCUT2D eigenvalue weighted by Crippen LogP contribution is -1.86. The Bertz CT molecular complexity index is 245. The van der Waals surface area contributed by atoms with Gasteiger partial charge < -0.3 is 5.11 Å². The SMILES string of the molecule is CCc1cc(C)c(O)c(F)c1. The van der Waals surface area contributed by atoms with Gasteiger partial charge in [0.05, 0.1) is 0 Å². The van der Waals surface area contributed by atoms with Gasteiger partial charge in [-0.1, -0.05) is 13.0 Å². The Morgan fingerprint density at radius 2 is 2.09 bits per heavy atom. The molecule has 0 fully saturated rings. The molecule has 0 aliphatic carbocycles. The van der Waals surface area contributed by atoms with Crippen molar-refractivity contribution in [2.75, 3.05) is 0 Å². The molecule has 0 saturated carbocycles. The molecule has 0 aliphatic rings. The zero-order chi connectivity index (χ0) is 8.43. The monoisotopic (exact) mass is 154 g/mol. The Hall–Kier alpha value is -1.05. The van der Waals surface area contributed by atoms with E-state index < -0.39 is 5.82 Å². The molecule has 11 heavy (non-hydrogen) atoms. The molecule has 0 aromatic heterocycles. The first kappa shape index (κ1) is 8.05. The molecule has 0 radical (unpaired) electrons. The quantitative estimate of drug-likeness (QED) is 0.658. The minimum absolute atomic E-state index is 0.234. The number of rotatable bonds is 1. The van der Waals surface area contributed by atoms with Gasteiger partial charge in [-0.05, 0) is 30.5 Å². The van der Waals surface area contributed by atoms with Crippen LogP contribution in [0.3, 0.4) is 0 Å². The number of aryl methyl sites for hydroxylation is 2. The van der Waals surface area contributed by atoms with Crippen molar-refractivity contribution in [2.24, 2.45) is 0 Å². The van der Waals surface area contributed by atoms with Gasteiger partial charge in [-0.2, -0.15) is 0 Å². The Morgan fingerprint density at radius 1 is 1.45 bits per heavy atom. The van der Waals surface area contributed by atoms with Crippen LogP contribution in [-0.2, 0) is 6.42 Å². The minimum atomic E-state index is -0.526. The van der Waals surface area contributed by atoms with E-state index in [9.17, 15) is 4.39 Å². The summed E-state index contributed by atoms with van der Waals surface area (Å²) in [6.07, 6.45) is 0.790. The summed E-state index contributed by atoms with van der Waals surface area (Å²) in [4.78, 5) is 0. The first-order valence-electron chi connectivity index (χ1n) is 3.63. The molecule has 0 unspecified atom stereocenters. The average Bonchev–Trinajstić information content (AvgIpc) is 1.99. The van der Waals surface area contributed by atoms with E-state index in [1.54, 1.807) is 13.0 Å². The van der Waals surface area contributed by atoms with Gasteiger partial charge in [0.25, 0.3) is 0 Å². The number of aromatic hydroxyl groups is 1. The zero-order valence-electron chi connectivity index (χ0n) is 6.69. The molecule has 0 aliphatic heterocycles. The van der Waals surface area contributed by atoms with Crippen LogP contribution in [0.25, 0.3) is 0 Å². The maximum absolute atomic E-state index is 12.8. The van der Waals surface area contributed by atoms with Gasteiger partial charge in [-0.3, -0.25) is 0 Å². The van der Waals surface area contributed by atoms with Crippen molar-refractivity contribution in [1.82, 2.24) is 0 Å². The summed E-state index contributed by atoms with van der Waals surface area (Å²) in [5.41, 5.74) is 1.51. The summed E-state index contributed by atoms with van der Waals surface area (Å²) < 4.78 is 12.8. The molecule has 2 heteroatoms. The van der Waals surface area contributed by atoms with Gasteiger partial charge in [0.2, 0.25) is 0 Å². The highest BCUT2D eigenvalue weighted by atomic mass is 19.1. The number of hydrogen-bond acceptors (Lipinski definition) is 1. The van der Waals surface area contributed by atoms with Crippen molar-refractivity contribution in [3.05, 3.63) is 29.1 Å². The molecule has 1 aromatic rings. The van der Waals surface area contributed by atoms with Gasteiger partial charge in [0, 0.05) is 0 Å². The smallest absolute Gasteiger partial charge is 0.165 e. The number of phenols is 1. The third-order valence-corrected chi connectivity index (χ3v) is 1.72. The minimum Gasteiger partial charge on any atom is -0.505 e. The molecule has 1 aromatic carbocycles. The Kier molecular flexibility index (Phi) is 2.13. The highest BCUT2D eigenvalue weighted by Gasteiger charge is 2.04. The van der Waals surface area contributed by atoms with Crippen LogP contribution in [0.1, 0.15) is 18.1 Å². The molecule has 1 N–H and O–H groups in total. The standard InChI is InChI=1S/C9H11FO/c1-3-7-4-6(2)9(11)8(10)5-7/h4-5,11H,3H2,1-2H3. The third-order valence-electron chi connectivity index (χ3n) is 1.72. The summed E-state index contributed by atoms with van der Waals surface area (Å²) in [6.45, 7) is 3.64. The van der Waals surface area contributed by atoms with Gasteiger partial charge in [-0.25, -0.2) is 4.39 Å². The van der Waals surface area contributed by atoms with E-state index in [1.807, 2.05) is 6.92 Å². The molecule has 1 nitrogen and oxygen atoms in total. The molecule has 0 bridgehead atoms. The van der Waals surface area contributed by atoms with Crippen molar-refractivity contribution in [2.45, 2.75) is 20.3 Å². The maximum atomic E-state index is 12.8. The van der Waals surface area contributed by atoms with Gasteiger partial charge in [0.15, 0.2) is 11.6 Å². The van der Waals surface area contributed by atoms with E-state index in [1.165, 1.54) is 6.07 Å². The molecule has 0 heterocycles. The molecule has 0 atom stereocenters. The van der Waals surface area contributed by atoms with Crippen molar-refractivity contribution < 1.29 is 9.50 Å². The van der Waals surface area contributed by atoms with Gasteiger partial charge in [-0.15, -0.1) is 0 Å². The molecule has 0 saturated heterocycles. The van der Waals surface area contributed by atoms with Crippen LogP contribution in [0.4, 0.5) is 4.39 Å². The van der Waals surface area contributed by atoms with E-state index in [4.69, 9.17) is 5.11 Å². The van der Waals surface area contributed by atoms with E-state index in [0.717, 1.165) is 12.0 Å². The van der Waals surface area contributed by atoms with Crippen LogP contribution in [0.2, 0.25) is 0 Å². The summed E-state index contributed by atoms with van der Waals surface area (Å²) in [6, 6.07) is 3.15. The van der Waals surface area contributed by atoms with Crippen molar-refractivity contribution in [3.63, 3.8) is 0 Å². The molecular formula is C9H11FO. The predicted molar refractivity (Wildman–Crippen MR) is 42.2 cm³/mol. The lowest BCUT2D eigenvalue weighted by Gasteiger charge is -2.02. The van der Waals surface area contributed by atoms with Gasteiger partial charge >= 0.3 is 0 Å². The molecular weight excluding hydrogens is 143 g/mol. The maximum Gasteiger partial charge on any atom is 0.165 e. The largest absolute Gasteiger partial charge is 0.505 e. The highest BCUT2D eigenvalue weighted by Crippen LogP contribution is 2.21. The fourth-order valence-corrected chi connectivity index (χ4v) is 1.01. The van der Waals surface area contributed by atoms with E-state index in [0.29, 0.717) is 5.56 Å². The van der Waals surface area contributed by atoms with Crippen LogP contribution in [0.5, 0.6) is 5.75 Å². The average molecular weight is 154 g/mol. The van der Waals surface area contributed by atoms with Crippen LogP contribution in [0, 0.1) is 12.7 Å². The first-order valence-corrected chi connectivity index (χ1v) is 3.63. The predicted octanol–water partition coefficient (Wildman–Crippen LogP) is 2.40. The number of phenolic OH excluding ortho intramolecular Hbond substituents is 1. The fourth-order valence-electron chi connectivity index (χ4n) is 1.01. The zero-order valence-corrected chi connectivity index (χ0v) is 6.69. The van der Waals surface area contributed by atoms with Crippen LogP contribution in [-0.4, -0.2) is 5.11 Å². The number of halogens is 1. The normalized spacial score (nSPS) is 10.1. The second kappa shape index (κ2) is 2.91. The second-order valence-electron chi connectivity index (χ2n) is 2.60. The molecule has 0 spiro atoms. The van der Waals surface area contributed by atoms with Crippen LogP contribution in [0.15, 0.2) is 12.1 Å². The van der Waals surface area contributed by atoms with Crippen molar-refractivity contribution >= 4 is 0 Å². The number of benzene rings is 1. The summed E-state index contributed by atoms with van der Waals surface area (Å²) in [7, 11) is 0. The third kappa shape index (κ3) is 1.50. The lowest BCUT2D eigenvalue weighted by molar-refractivity contribution is 0.428. The molecule has 60 valence electrons. The van der Waals surface area contributed by atoms with E-state index >= 15 is 0 Å². The summed E-state index contributed by atoms with van der Waals surface area (Å²) >= 11 is 0. The van der Waals surface area contributed by atoms with Gasteiger partial charge in [0.1, 0.15) is 0 Å². The van der Waals surface area contributed by atoms with Crippen LogP contribution < -0.4 is 0 Å². The molecule has 1 rings (SSSR count).